The normalized spacial score (nSPS) is 11.8. The van der Waals surface area contributed by atoms with Crippen LogP contribution in [-0.2, 0) is 0 Å². The van der Waals surface area contributed by atoms with E-state index in [1.165, 1.54) is 33.0 Å². The molecule has 2 nitrogen and oxygen atoms in total. The van der Waals surface area contributed by atoms with E-state index >= 15 is 0 Å². The summed E-state index contributed by atoms with van der Waals surface area (Å²) < 4.78 is 0. The summed E-state index contributed by atoms with van der Waals surface area (Å²) in [5.74, 6) is 0.771. The van der Waals surface area contributed by atoms with Crippen molar-refractivity contribution >= 4 is 27.5 Å². The number of rotatable bonds is 3. The summed E-state index contributed by atoms with van der Waals surface area (Å²) in [6.45, 7) is 8.82. The van der Waals surface area contributed by atoms with Gasteiger partial charge in [0.1, 0.15) is 0 Å². The van der Waals surface area contributed by atoms with E-state index in [9.17, 15) is 0 Å². The lowest BCUT2D eigenvalue weighted by Crippen LogP contribution is -2.04. The van der Waals surface area contributed by atoms with Crippen LogP contribution >= 0.6 is 0 Å². The van der Waals surface area contributed by atoms with E-state index in [0.717, 1.165) is 16.7 Å². The molecule has 0 aliphatic heterocycles. The van der Waals surface area contributed by atoms with E-state index < -0.39 is 0 Å². The monoisotopic (exact) mass is 354 g/mol. The molecule has 0 bridgehead atoms. The van der Waals surface area contributed by atoms with Gasteiger partial charge < -0.3 is 5.73 Å². The van der Waals surface area contributed by atoms with Gasteiger partial charge in [0, 0.05) is 16.5 Å². The minimum atomic E-state index is 0.386. The smallest absolute Gasteiger partial charge is 0.0715 e. The van der Waals surface area contributed by atoms with E-state index in [0.29, 0.717) is 11.8 Å². The summed E-state index contributed by atoms with van der Waals surface area (Å²) in [7, 11) is 0. The number of nitrogens with two attached hydrogens (primary N) is 1. The lowest BCUT2D eigenvalue weighted by molar-refractivity contribution is 0.840. The van der Waals surface area contributed by atoms with Gasteiger partial charge in [0.25, 0.3) is 0 Å². The zero-order valence-corrected chi connectivity index (χ0v) is 16.5. The topological polar surface area (TPSA) is 38.9 Å². The van der Waals surface area contributed by atoms with Gasteiger partial charge in [-0.15, -0.1) is 0 Å². The lowest BCUT2D eigenvalue weighted by Gasteiger charge is -2.19. The van der Waals surface area contributed by atoms with Crippen LogP contribution in [0.2, 0.25) is 0 Å². The van der Waals surface area contributed by atoms with Crippen LogP contribution in [0.25, 0.3) is 32.9 Å². The molecule has 0 aliphatic rings. The molecule has 2 heteroatoms. The Morgan fingerprint density at radius 1 is 0.741 bits per heavy atom. The first-order chi connectivity index (χ1) is 13.0. The molecule has 3 aromatic carbocycles. The predicted molar refractivity (Wildman–Crippen MR) is 117 cm³/mol. The summed E-state index contributed by atoms with van der Waals surface area (Å²) in [4.78, 5) is 4.87. The third-order valence-electron chi connectivity index (χ3n) is 5.36. The molecule has 0 saturated carbocycles. The summed E-state index contributed by atoms with van der Waals surface area (Å²) in [6.07, 6.45) is 0. The number of fused-ring (bicyclic) bond motifs is 2. The molecule has 136 valence electrons. The Kier molecular flexibility index (Phi) is 4.35. The molecule has 0 fully saturated rings. The second-order valence-electron chi connectivity index (χ2n) is 7.93. The molecule has 1 heterocycles. The first-order valence-corrected chi connectivity index (χ1v) is 9.68. The Bertz CT molecular complexity index is 1110. The maximum atomic E-state index is 6.51. The summed E-state index contributed by atoms with van der Waals surface area (Å²) in [6, 6.07) is 21.5. The van der Waals surface area contributed by atoms with E-state index in [1.807, 2.05) is 6.07 Å². The largest absolute Gasteiger partial charge is 0.398 e. The standard InChI is InChI=1S/C25H26N2/c1-15(2)20-13-18(14-21(16(3)4)25(20)26)19-9-7-11-24-22(19)12-17-8-5-6-10-23(17)27-24/h5-16H,26H2,1-4H3. The number of benzene rings is 3. The van der Waals surface area contributed by atoms with Gasteiger partial charge in [0.15, 0.2) is 0 Å². The number of para-hydroxylation sites is 1. The Hall–Kier alpha value is -2.87. The third-order valence-corrected chi connectivity index (χ3v) is 5.36. The average molecular weight is 354 g/mol. The molecule has 0 unspecified atom stereocenters. The average Bonchev–Trinajstić information content (AvgIpc) is 2.65. The summed E-state index contributed by atoms with van der Waals surface area (Å²) in [5, 5.41) is 2.35. The fourth-order valence-electron chi connectivity index (χ4n) is 3.86. The van der Waals surface area contributed by atoms with Crippen LogP contribution in [0.15, 0.2) is 60.7 Å². The highest BCUT2D eigenvalue weighted by Gasteiger charge is 2.15. The van der Waals surface area contributed by atoms with Crippen LogP contribution in [0.5, 0.6) is 0 Å². The molecule has 27 heavy (non-hydrogen) atoms. The molecule has 1 aromatic heterocycles. The van der Waals surface area contributed by atoms with Crippen LogP contribution in [0.1, 0.15) is 50.7 Å². The van der Waals surface area contributed by atoms with Gasteiger partial charge in [0.2, 0.25) is 0 Å². The number of hydrogen-bond donors (Lipinski definition) is 1. The Balaban J connectivity index is 2.03. The number of pyridine rings is 1. The first-order valence-electron chi connectivity index (χ1n) is 9.68. The predicted octanol–water partition coefficient (Wildman–Crippen LogP) is 6.88. The minimum Gasteiger partial charge on any atom is -0.398 e. The Morgan fingerprint density at radius 2 is 1.37 bits per heavy atom. The molecular weight excluding hydrogens is 328 g/mol. The Labute approximate surface area is 161 Å². The minimum absolute atomic E-state index is 0.386. The molecule has 0 saturated heterocycles. The van der Waals surface area contributed by atoms with Crippen molar-refractivity contribution < 1.29 is 0 Å². The quantitative estimate of drug-likeness (QED) is 0.321. The van der Waals surface area contributed by atoms with Crippen LogP contribution in [0, 0.1) is 0 Å². The molecule has 0 spiro atoms. The van der Waals surface area contributed by atoms with Gasteiger partial charge in [-0.25, -0.2) is 4.98 Å². The molecule has 0 aliphatic carbocycles. The maximum Gasteiger partial charge on any atom is 0.0715 e. The SMILES string of the molecule is CC(C)c1cc(-c2cccc3nc4ccccc4cc23)cc(C(C)C)c1N. The molecule has 4 rings (SSSR count). The summed E-state index contributed by atoms with van der Waals surface area (Å²) >= 11 is 0. The molecule has 0 radical (unpaired) electrons. The van der Waals surface area contributed by atoms with Crippen LogP contribution in [0.4, 0.5) is 5.69 Å². The molecule has 2 N–H and O–H groups in total. The molecule has 0 amide bonds. The van der Waals surface area contributed by atoms with Crippen LogP contribution in [-0.4, -0.2) is 4.98 Å². The number of anilines is 1. The summed E-state index contributed by atoms with van der Waals surface area (Å²) in [5.41, 5.74) is 14.4. The third kappa shape index (κ3) is 3.06. The van der Waals surface area contributed by atoms with Crippen molar-refractivity contribution in [1.82, 2.24) is 4.98 Å². The number of aromatic nitrogens is 1. The number of nitrogens with zero attached hydrogens (tertiary/aromatic N) is 1. The molecular formula is C25H26N2. The van der Waals surface area contributed by atoms with E-state index in [4.69, 9.17) is 10.7 Å². The van der Waals surface area contributed by atoms with Crippen molar-refractivity contribution in [1.29, 1.82) is 0 Å². The van der Waals surface area contributed by atoms with Gasteiger partial charge in [-0.3, -0.25) is 0 Å². The van der Waals surface area contributed by atoms with Gasteiger partial charge in [0.05, 0.1) is 11.0 Å². The zero-order chi connectivity index (χ0) is 19.1. The van der Waals surface area contributed by atoms with E-state index in [-0.39, 0.29) is 0 Å². The van der Waals surface area contributed by atoms with Crippen molar-refractivity contribution in [2.45, 2.75) is 39.5 Å². The lowest BCUT2D eigenvalue weighted by atomic mass is 9.88. The number of hydrogen-bond acceptors (Lipinski definition) is 2. The first kappa shape index (κ1) is 17.5. The highest BCUT2D eigenvalue weighted by Crippen LogP contribution is 2.37. The number of nitrogen functional groups attached to an aromatic ring is 1. The van der Waals surface area contributed by atoms with Gasteiger partial charge >= 0.3 is 0 Å². The fourth-order valence-corrected chi connectivity index (χ4v) is 3.86. The Morgan fingerprint density at radius 3 is 2.04 bits per heavy atom. The van der Waals surface area contributed by atoms with Crippen molar-refractivity contribution in [2.75, 3.05) is 5.73 Å². The highest BCUT2D eigenvalue weighted by molar-refractivity contribution is 6.01. The van der Waals surface area contributed by atoms with E-state index in [1.54, 1.807) is 0 Å². The van der Waals surface area contributed by atoms with Crippen LogP contribution in [0.3, 0.4) is 0 Å². The zero-order valence-electron chi connectivity index (χ0n) is 16.5. The van der Waals surface area contributed by atoms with Crippen molar-refractivity contribution in [2.24, 2.45) is 0 Å². The van der Waals surface area contributed by atoms with Gasteiger partial charge in [-0.2, -0.15) is 0 Å². The van der Waals surface area contributed by atoms with Crippen molar-refractivity contribution in [3.8, 4) is 11.1 Å². The van der Waals surface area contributed by atoms with Gasteiger partial charge in [-0.05, 0) is 64.4 Å². The van der Waals surface area contributed by atoms with Crippen molar-refractivity contribution in [3.05, 3.63) is 71.8 Å². The van der Waals surface area contributed by atoms with Crippen molar-refractivity contribution in [3.63, 3.8) is 0 Å². The molecule has 4 aromatic rings. The van der Waals surface area contributed by atoms with Crippen LogP contribution < -0.4 is 5.73 Å². The highest BCUT2D eigenvalue weighted by atomic mass is 14.7. The second-order valence-corrected chi connectivity index (χ2v) is 7.93. The fraction of sp³-hybridized carbons (Fsp3) is 0.240. The van der Waals surface area contributed by atoms with E-state index in [2.05, 4.69) is 82.3 Å². The maximum absolute atomic E-state index is 6.51. The molecule has 0 atom stereocenters. The second kappa shape index (κ2) is 6.70. The van der Waals surface area contributed by atoms with Gasteiger partial charge in [-0.1, -0.05) is 58.0 Å².